The molecule has 0 fully saturated rings. The van der Waals surface area contributed by atoms with Crippen molar-refractivity contribution in [2.24, 2.45) is 0 Å². The van der Waals surface area contributed by atoms with Crippen LogP contribution in [-0.4, -0.2) is 9.55 Å². The van der Waals surface area contributed by atoms with Gasteiger partial charge in [0.2, 0.25) is 0 Å². The van der Waals surface area contributed by atoms with Gasteiger partial charge < -0.3 is 0 Å². The third-order valence-electron chi connectivity index (χ3n) is 10.9. The highest BCUT2D eigenvalue weighted by Gasteiger charge is 2.31. The van der Waals surface area contributed by atoms with Crippen molar-refractivity contribution in [3.63, 3.8) is 0 Å². The van der Waals surface area contributed by atoms with Crippen LogP contribution in [-0.2, 0) is 0 Å². The van der Waals surface area contributed by atoms with Gasteiger partial charge in [0, 0.05) is 11.3 Å². The number of benzene rings is 9. The lowest BCUT2D eigenvalue weighted by Gasteiger charge is -2.20. The fourth-order valence-electron chi connectivity index (χ4n) is 8.75. The van der Waals surface area contributed by atoms with Gasteiger partial charge in [-0.2, -0.15) is 0 Å². The first-order chi connectivity index (χ1) is 26.3. The summed E-state index contributed by atoms with van der Waals surface area (Å²) in [5.74, 6) is 0.935. The summed E-state index contributed by atoms with van der Waals surface area (Å²) in [5, 5.41) is 5.12. The first-order valence-electron chi connectivity index (χ1n) is 18.2. The SMILES string of the molecule is c1ccc(-c2c3c(c(-c4ccccc4)c4ccccc24)-c2ccc(-c4cccc(-c5nc6ccccc6n5-c5ccccc5)c4)c4cccc-3c24)cc1. The van der Waals surface area contributed by atoms with Crippen LogP contribution in [0.1, 0.15) is 0 Å². The van der Waals surface area contributed by atoms with Gasteiger partial charge in [0.1, 0.15) is 5.82 Å². The van der Waals surface area contributed by atoms with E-state index in [0.717, 1.165) is 28.1 Å². The van der Waals surface area contributed by atoms with E-state index in [2.05, 4.69) is 199 Å². The van der Waals surface area contributed by atoms with Crippen LogP contribution in [0.15, 0.2) is 194 Å². The molecule has 53 heavy (non-hydrogen) atoms. The highest BCUT2D eigenvalue weighted by atomic mass is 15.1. The molecule has 1 aromatic heterocycles. The number of para-hydroxylation sites is 3. The summed E-state index contributed by atoms with van der Waals surface area (Å²) in [6.45, 7) is 0. The first kappa shape index (κ1) is 29.7. The number of rotatable bonds is 5. The number of imidazole rings is 1. The van der Waals surface area contributed by atoms with Crippen LogP contribution in [0.5, 0.6) is 0 Å². The maximum absolute atomic E-state index is 5.19. The Bertz CT molecular complexity index is 2940. The van der Waals surface area contributed by atoms with Crippen LogP contribution >= 0.6 is 0 Å². The minimum atomic E-state index is 0.935. The van der Waals surface area contributed by atoms with Gasteiger partial charge in [-0.05, 0) is 108 Å². The average molecular weight is 673 g/mol. The molecule has 0 spiro atoms. The van der Waals surface area contributed by atoms with Crippen molar-refractivity contribution in [2.45, 2.75) is 0 Å². The summed E-state index contributed by atoms with van der Waals surface area (Å²) in [6, 6.07) is 70.2. The van der Waals surface area contributed by atoms with Gasteiger partial charge in [0.15, 0.2) is 0 Å². The van der Waals surface area contributed by atoms with Crippen molar-refractivity contribution in [1.29, 1.82) is 0 Å². The second-order valence-corrected chi connectivity index (χ2v) is 13.8. The lowest BCUT2D eigenvalue weighted by atomic mass is 9.82. The molecule has 0 saturated carbocycles. The van der Waals surface area contributed by atoms with Crippen molar-refractivity contribution in [1.82, 2.24) is 9.55 Å². The molecule has 1 aliphatic rings. The van der Waals surface area contributed by atoms with E-state index < -0.39 is 0 Å². The zero-order valence-corrected chi connectivity index (χ0v) is 28.9. The molecule has 0 N–H and O–H groups in total. The smallest absolute Gasteiger partial charge is 0.145 e. The van der Waals surface area contributed by atoms with Crippen molar-refractivity contribution in [3.05, 3.63) is 194 Å². The van der Waals surface area contributed by atoms with E-state index in [1.807, 2.05) is 0 Å². The minimum absolute atomic E-state index is 0.935. The van der Waals surface area contributed by atoms with Gasteiger partial charge in [-0.25, -0.2) is 4.98 Å². The zero-order chi connectivity index (χ0) is 34.9. The lowest BCUT2D eigenvalue weighted by Crippen LogP contribution is -1.97. The molecule has 0 unspecified atom stereocenters. The molecule has 0 atom stereocenters. The highest BCUT2D eigenvalue weighted by molar-refractivity contribution is 6.28. The third-order valence-corrected chi connectivity index (χ3v) is 10.9. The number of hydrogen-bond acceptors (Lipinski definition) is 1. The maximum Gasteiger partial charge on any atom is 0.145 e. The highest BCUT2D eigenvalue weighted by Crippen LogP contribution is 2.58. The molecule has 9 aromatic carbocycles. The van der Waals surface area contributed by atoms with Gasteiger partial charge in [-0.15, -0.1) is 0 Å². The predicted molar refractivity (Wildman–Crippen MR) is 222 cm³/mol. The van der Waals surface area contributed by atoms with Crippen molar-refractivity contribution in [2.75, 3.05) is 0 Å². The summed E-state index contributed by atoms with van der Waals surface area (Å²) < 4.78 is 2.28. The number of hydrogen-bond donors (Lipinski definition) is 0. The van der Waals surface area contributed by atoms with Crippen molar-refractivity contribution in [3.8, 4) is 72.7 Å². The summed E-state index contributed by atoms with van der Waals surface area (Å²) in [5.41, 5.74) is 16.9. The van der Waals surface area contributed by atoms with Crippen LogP contribution < -0.4 is 0 Å². The topological polar surface area (TPSA) is 17.8 Å². The van der Waals surface area contributed by atoms with E-state index in [4.69, 9.17) is 4.98 Å². The normalized spacial score (nSPS) is 11.8. The van der Waals surface area contributed by atoms with Gasteiger partial charge in [-0.1, -0.05) is 164 Å². The molecular weight excluding hydrogens is 641 g/mol. The number of nitrogens with zero attached hydrogens (tertiary/aromatic N) is 2. The van der Waals surface area contributed by atoms with E-state index in [-0.39, 0.29) is 0 Å². The molecule has 11 rings (SSSR count). The Hall–Kier alpha value is -7.03. The van der Waals surface area contributed by atoms with Crippen LogP contribution in [0.2, 0.25) is 0 Å². The summed E-state index contributed by atoms with van der Waals surface area (Å²) in [7, 11) is 0. The van der Waals surface area contributed by atoms with Crippen LogP contribution in [0.3, 0.4) is 0 Å². The Balaban J connectivity index is 1.17. The Morgan fingerprint density at radius 2 is 0.849 bits per heavy atom. The number of aromatic nitrogens is 2. The molecular formula is C51H32N2. The average Bonchev–Trinajstić information content (AvgIpc) is 3.78. The molecule has 1 heterocycles. The van der Waals surface area contributed by atoms with Crippen LogP contribution in [0.4, 0.5) is 0 Å². The largest absolute Gasteiger partial charge is 0.292 e. The third kappa shape index (κ3) is 4.49. The quantitative estimate of drug-likeness (QED) is 0.178. The molecule has 0 aliphatic heterocycles. The zero-order valence-electron chi connectivity index (χ0n) is 28.9. The Morgan fingerprint density at radius 1 is 0.340 bits per heavy atom. The van der Waals surface area contributed by atoms with E-state index in [1.54, 1.807) is 0 Å². The maximum atomic E-state index is 5.19. The van der Waals surface area contributed by atoms with Crippen LogP contribution in [0, 0.1) is 0 Å². The summed E-state index contributed by atoms with van der Waals surface area (Å²) in [6.07, 6.45) is 0. The molecule has 0 saturated heterocycles. The molecule has 0 radical (unpaired) electrons. The second-order valence-electron chi connectivity index (χ2n) is 13.8. The molecule has 2 nitrogen and oxygen atoms in total. The Labute approximate surface area is 307 Å². The van der Waals surface area contributed by atoms with E-state index >= 15 is 0 Å². The fraction of sp³-hybridized carbons (Fsp3) is 0. The minimum Gasteiger partial charge on any atom is -0.292 e. The van der Waals surface area contributed by atoms with Crippen molar-refractivity contribution >= 4 is 32.6 Å². The molecule has 246 valence electrons. The molecule has 1 aliphatic carbocycles. The van der Waals surface area contributed by atoms with Gasteiger partial charge in [0.25, 0.3) is 0 Å². The van der Waals surface area contributed by atoms with E-state index in [0.29, 0.717) is 0 Å². The molecule has 2 heteroatoms. The molecule has 0 bridgehead atoms. The summed E-state index contributed by atoms with van der Waals surface area (Å²) in [4.78, 5) is 5.19. The standard InChI is InChI=1S/C51H32N2/c1-4-16-33(17-5-1)46-40-24-10-11-25-41(40)47(34-18-6-2-7-19-34)50-43-31-30-38(39-26-15-27-42(48(39)43)49(46)50)35-20-14-21-36(32-35)51-52-44-28-12-13-29-45(44)53(51)37-22-8-3-9-23-37/h1-32H. The molecule has 10 aromatic rings. The Morgan fingerprint density at radius 3 is 1.55 bits per heavy atom. The number of fused-ring (bicyclic) bond motifs is 5. The fourth-order valence-corrected chi connectivity index (χ4v) is 8.75. The first-order valence-corrected chi connectivity index (χ1v) is 18.2. The summed E-state index contributed by atoms with van der Waals surface area (Å²) >= 11 is 0. The van der Waals surface area contributed by atoms with E-state index in [1.165, 1.54) is 77.2 Å². The van der Waals surface area contributed by atoms with Crippen LogP contribution in [0.25, 0.3) is 105 Å². The van der Waals surface area contributed by atoms with Crippen molar-refractivity contribution < 1.29 is 0 Å². The predicted octanol–water partition coefficient (Wildman–Crippen LogP) is 13.6. The molecule has 0 amide bonds. The lowest BCUT2D eigenvalue weighted by molar-refractivity contribution is 1.10. The monoisotopic (exact) mass is 672 g/mol. The Kier molecular flexibility index (Phi) is 6.59. The van der Waals surface area contributed by atoms with Gasteiger partial charge in [-0.3, -0.25) is 4.57 Å². The van der Waals surface area contributed by atoms with Gasteiger partial charge >= 0.3 is 0 Å². The van der Waals surface area contributed by atoms with Gasteiger partial charge in [0.05, 0.1) is 11.0 Å². The second kappa shape index (κ2) is 11.8. The van der Waals surface area contributed by atoms with E-state index in [9.17, 15) is 0 Å².